The summed E-state index contributed by atoms with van der Waals surface area (Å²) < 4.78 is 0. The molecule has 0 spiro atoms. The predicted octanol–water partition coefficient (Wildman–Crippen LogP) is 7.40. The molecular weight excluding hydrogens is 430 g/mol. The highest BCUT2D eigenvalue weighted by atomic mass is 35.5. The average Bonchev–Trinajstić information content (AvgIpc) is 3.19. The van der Waals surface area contributed by atoms with E-state index in [1.807, 2.05) is 35.4 Å². The Morgan fingerprint density at radius 3 is 2.48 bits per heavy atom. The Hall–Kier alpha value is -3.24. The van der Waals surface area contributed by atoms with Gasteiger partial charge in [-0.1, -0.05) is 80.9 Å². The fraction of sp³-hybridized carbons (Fsp3) is 0.250. The number of benzene rings is 3. The first-order valence-electron chi connectivity index (χ1n) is 11.3. The molecule has 170 valence electrons. The smallest absolute Gasteiger partial charge is 0.322 e. The van der Waals surface area contributed by atoms with Gasteiger partial charge in [-0.05, 0) is 52.8 Å². The van der Waals surface area contributed by atoms with Crippen LogP contribution in [0.4, 0.5) is 10.5 Å². The number of hydrogen-bond donors (Lipinski definition) is 2. The van der Waals surface area contributed by atoms with Crippen LogP contribution in [0.3, 0.4) is 0 Å². The van der Waals surface area contributed by atoms with Gasteiger partial charge in [-0.15, -0.1) is 0 Å². The van der Waals surface area contributed by atoms with Crippen molar-refractivity contribution in [2.75, 3.05) is 11.9 Å². The Morgan fingerprint density at radius 1 is 1.00 bits per heavy atom. The number of carbonyl (C=O) groups is 1. The lowest BCUT2D eigenvalue weighted by atomic mass is 9.87. The lowest BCUT2D eigenvalue weighted by Gasteiger charge is -2.24. The molecule has 2 N–H and O–H groups in total. The van der Waals surface area contributed by atoms with Crippen molar-refractivity contribution in [2.24, 2.45) is 0 Å². The van der Waals surface area contributed by atoms with Crippen molar-refractivity contribution < 1.29 is 4.79 Å². The normalized spacial score (nSPS) is 11.5. The summed E-state index contributed by atoms with van der Waals surface area (Å²) in [5.41, 5.74) is 5.47. The van der Waals surface area contributed by atoms with Crippen LogP contribution in [0.1, 0.15) is 37.5 Å². The van der Waals surface area contributed by atoms with E-state index in [-0.39, 0.29) is 11.4 Å². The number of para-hydroxylation sites is 1. The minimum absolute atomic E-state index is 0.0948. The van der Waals surface area contributed by atoms with E-state index in [0.29, 0.717) is 23.8 Å². The maximum atomic E-state index is 13.2. The molecule has 0 unspecified atom stereocenters. The molecule has 4 nitrogen and oxygen atoms in total. The van der Waals surface area contributed by atoms with Gasteiger partial charge in [-0.25, -0.2) is 4.79 Å². The fourth-order valence-electron chi connectivity index (χ4n) is 3.95. The number of urea groups is 1. The van der Waals surface area contributed by atoms with Crippen LogP contribution in [0.15, 0.2) is 79.0 Å². The summed E-state index contributed by atoms with van der Waals surface area (Å²) in [5, 5.41) is 4.79. The van der Waals surface area contributed by atoms with Crippen molar-refractivity contribution >= 4 is 34.2 Å². The standard InChI is InChI=1S/C28H30ClN3O/c1-28(2,3)22-13-11-20(12-14-22)19-32(27(33)31-24-8-6-7-23(29)17-24)16-15-21-18-30-26-10-5-4-9-25(21)26/h4-14,17-18,30H,15-16,19H2,1-3H3,(H,31,33). The number of nitrogens with one attached hydrogen (secondary N) is 2. The van der Waals surface area contributed by atoms with Crippen LogP contribution < -0.4 is 5.32 Å². The predicted molar refractivity (Wildman–Crippen MR) is 138 cm³/mol. The van der Waals surface area contributed by atoms with Gasteiger partial charge in [-0.2, -0.15) is 0 Å². The summed E-state index contributed by atoms with van der Waals surface area (Å²) in [5.74, 6) is 0. The molecule has 0 aliphatic rings. The van der Waals surface area contributed by atoms with Crippen molar-refractivity contribution in [3.05, 3.63) is 101 Å². The van der Waals surface area contributed by atoms with E-state index in [1.165, 1.54) is 16.5 Å². The Labute approximate surface area is 200 Å². The number of fused-ring (bicyclic) bond motifs is 1. The minimum Gasteiger partial charge on any atom is -0.361 e. The molecule has 4 rings (SSSR count). The highest BCUT2D eigenvalue weighted by Crippen LogP contribution is 2.23. The van der Waals surface area contributed by atoms with Gasteiger partial charge in [-0.3, -0.25) is 0 Å². The zero-order chi connectivity index (χ0) is 23.4. The molecule has 2 amide bonds. The molecule has 1 aromatic heterocycles. The number of nitrogens with zero attached hydrogens (tertiary/aromatic N) is 1. The summed E-state index contributed by atoms with van der Waals surface area (Å²) in [4.78, 5) is 18.4. The highest BCUT2D eigenvalue weighted by molar-refractivity contribution is 6.30. The van der Waals surface area contributed by atoms with E-state index in [2.05, 4.69) is 67.5 Å². The van der Waals surface area contributed by atoms with E-state index >= 15 is 0 Å². The number of aromatic amines is 1. The second-order valence-corrected chi connectivity index (χ2v) is 9.85. The highest BCUT2D eigenvalue weighted by Gasteiger charge is 2.17. The van der Waals surface area contributed by atoms with Crippen molar-refractivity contribution in [3.63, 3.8) is 0 Å². The third-order valence-electron chi connectivity index (χ3n) is 5.88. The second kappa shape index (κ2) is 9.72. The maximum Gasteiger partial charge on any atom is 0.322 e. The van der Waals surface area contributed by atoms with Crippen molar-refractivity contribution in [1.29, 1.82) is 0 Å². The largest absolute Gasteiger partial charge is 0.361 e. The van der Waals surface area contributed by atoms with Crippen molar-refractivity contribution in [3.8, 4) is 0 Å². The maximum absolute atomic E-state index is 13.2. The number of amides is 2. The monoisotopic (exact) mass is 459 g/mol. The average molecular weight is 460 g/mol. The third-order valence-corrected chi connectivity index (χ3v) is 6.12. The second-order valence-electron chi connectivity index (χ2n) is 9.42. The number of halogens is 1. The van der Waals surface area contributed by atoms with Crippen LogP contribution in [0.25, 0.3) is 10.9 Å². The Balaban J connectivity index is 1.53. The van der Waals surface area contributed by atoms with E-state index in [9.17, 15) is 4.79 Å². The molecule has 0 saturated carbocycles. The minimum atomic E-state index is -0.142. The van der Waals surface area contributed by atoms with Gasteiger partial charge in [0, 0.05) is 40.9 Å². The van der Waals surface area contributed by atoms with Crippen LogP contribution >= 0.6 is 11.6 Å². The summed E-state index contributed by atoms with van der Waals surface area (Å²) in [6.07, 6.45) is 2.79. The topological polar surface area (TPSA) is 48.1 Å². The Kier molecular flexibility index (Phi) is 6.75. The molecular formula is C28H30ClN3O. The number of H-pyrrole nitrogens is 1. The quantitative estimate of drug-likeness (QED) is 0.310. The Bertz CT molecular complexity index is 1240. The van der Waals surface area contributed by atoms with Gasteiger partial charge >= 0.3 is 6.03 Å². The van der Waals surface area contributed by atoms with Crippen molar-refractivity contribution in [1.82, 2.24) is 9.88 Å². The molecule has 33 heavy (non-hydrogen) atoms. The van der Waals surface area contributed by atoms with Gasteiger partial charge in [0.25, 0.3) is 0 Å². The Morgan fingerprint density at radius 2 is 1.76 bits per heavy atom. The van der Waals surface area contributed by atoms with Crippen LogP contribution in [0, 0.1) is 0 Å². The zero-order valence-electron chi connectivity index (χ0n) is 19.4. The molecule has 0 aliphatic heterocycles. The number of carbonyl (C=O) groups excluding carboxylic acids is 1. The van der Waals surface area contributed by atoms with Gasteiger partial charge in [0.2, 0.25) is 0 Å². The van der Waals surface area contributed by atoms with Crippen LogP contribution in [0.2, 0.25) is 5.02 Å². The van der Waals surface area contributed by atoms with E-state index in [1.54, 1.807) is 12.1 Å². The summed E-state index contributed by atoms with van der Waals surface area (Å²) >= 11 is 6.11. The van der Waals surface area contributed by atoms with Crippen LogP contribution in [0.5, 0.6) is 0 Å². The first kappa shape index (κ1) is 22.9. The number of aromatic nitrogens is 1. The summed E-state index contributed by atoms with van der Waals surface area (Å²) in [6.45, 7) is 7.73. The lowest BCUT2D eigenvalue weighted by Crippen LogP contribution is -2.36. The zero-order valence-corrected chi connectivity index (χ0v) is 20.1. The molecule has 1 heterocycles. The first-order chi connectivity index (χ1) is 15.8. The molecule has 3 aromatic carbocycles. The summed E-state index contributed by atoms with van der Waals surface area (Å²) in [6, 6.07) is 23.9. The van der Waals surface area contributed by atoms with Crippen LogP contribution in [-0.2, 0) is 18.4 Å². The number of hydrogen-bond acceptors (Lipinski definition) is 1. The van der Waals surface area contributed by atoms with E-state index < -0.39 is 0 Å². The number of rotatable bonds is 6. The van der Waals surface area contributed by atoms with E-state index in [0.717, 1.165) is 17.5 Å². The van der Waals surface area contributed by atoms with E-state index in [4.69, 9.17) is 11.6 Å². The molecule has 0 atom stereocenters. The first-order valence-corrected chi connectivity index (χ1v) is 11.6. The van der Waals surface area contributed by atoms with Gasteiger partial charge < -0.3 is 15.2 Å². The van der Waals surface area contributed by atoms with Gasteiger partial charge in [0.1, 0.15) is 0 Å². The lowest BCUT2D eigenvalue weighted by molar-refractivity contribution is 0.210. The van der Waals surface area contributed by atoms with Gasteiger partial charge in [0.15, 0.2) is 0 Å². The molecule has 4 aromatic rings. The number of anilines is 1. The molecule has 0 aliphatic carbocycles. The van der Waals surface area contributed by atoms with Gasteiger partial charge in [0.05, 0.1) is 0 Å². The molecule has 0 radical (unpaired) electrons. The molecule has 0 saturated heterocycles. The molecule has 0 fully saturated rings. The van der Waals surface area contributed by atoms with Crippen LogP contribution in [-0.4, -0.2) is 22.5 Å². The third kappa shape index (κ3) is 5.77. The van der Waals surface area contributed by atoms with Crippen molar-refractivity contribution in [2.45, 2.75) is 39.2 Å². The SMILES string of the molecule is CC(C)(C)c1ccc(CN(CCc2c[nH]c3ccccc23)C(=O)Nc2cccc(Cl)c2)cc1. The molecule has 5 heteroatoms. The fourth-order valence-corrected chi connectivity index (χ4v) is 4.14. The molecule has 0 bridgehead atoms. The summed E-state index contributed by atoms with van der Waals surface area (Å²) in [7, 11) is 0.